The summed E-state index contributed by atoms with van der Waals surface area (Å²) in [4.78, 5) is 36.3. The predicted octanol–water partition coefficient (Wildman–Crippen LogP) is 2.80. The molecule has 3 N–H and O–H groups in total. The van der Waals surface area contributed by atoms with E-state index in [-0.39, 0.29) is 24.2 Å². The first-order chi connectivity index (χ1) is 13.8. The lowest BCUT2D eigenvalue weighted by molar-refractivity contribution is -0.159. The fourth-order valence-corrected chi connectivity index (χ4v) is 3.57. The molecule has 2 atom stereocenters. The molecule has 7 nitrogen and oxygen atoms in total. The quantitative estimate of drug-likeness (QED) is 0.524. The Kier molecular flexibility index (Phi) is 7.50. The third-order valence-electron chi connectivity index (χ3n) is 4.79. The predicted molar refractivity (Wildman–Crippen MR) is 104 cm³/mol. The summed E-state index contributed by atoms with van der Waals surface area (Å²) in [5, 5.41) is 31.5. The molecule has 0 bridgehead atoms. The first-order valence-corrected chi connectivity index (χ1v) is 9.24. The molecule has 0 spiro atoms. The van der Waals surface area contributed by atoms with E-state index in [0.717, 1.165) is 0 Å². The fourth-order valence-electron chi connectivity index (χ4n) is 3.57. The van der Waals surface area contributed by atoms with Crippen LogP contribution in [0.5, 0.6) is 0 Å². The molecule has 29 heavy (non-hydrogen) atoms. The zero-order chi connectivity index (χ0) is 21.4. The van der Waals surface area contributed by atoms with Gasteiger partial charge in [0.1, 0.15) is 17.4 Å². The van der Waals surface area contributed by atoms with Crippen LogP contribution in [0.3, 0.4) is 0 Å². The Labute approximate surface area is 168 Å². The Morgan fingerprint density at radius 3 is 1.62 bits per heavy atom. The van der Waals surface area contributed by atoms with Gasteiger partial charge < -0.3 is 20.1 Å². The van der Waals surface area contributed by atoms with Gasteiger partial charge >= 0.3 is 17.9 Å². The van der Waals surface area contributed by atoms with Crippen LogP contribution in [-0.2, 0) is 19.1 Å². The van der Waals surface area contributed by atoms with Gasteiger partial charge in [-0.1, -0.05) is 60.7 Å². The van der Waals surface area contributed by atoms with Crippen molar-refractivity contribution in [1.29, 1.82) is 0 Å². The van der Waals surface area contributed by atoms with Gasteiger partial charge in [-0.25, -0.2) is 0 Å². The number of aliphatic carboxylic acids is 2. The Hall–Kier alpha value is -3.19. The van der Waals surface area contributed by atoms with Crippen LogP contribution in [0.25, 0.3) is 0 Å². The van der Waals surface area contributed by atoms with Crippen molar-refractivity contribution in [2.45, 2.75) is 37.2 Å². The minimum atomic E-state index is -2.28. The Morgan fingerprint density at radius 2 is 1.28 bits per heavy atom. The molecule has 0 fully saturated rings. The number of hydrogen-bond acceptors (Lipinski definition) is 5. The van der Waals surface area contributed by atoms with E-state index in [1.165, 1.54) is 24.3 Å². The standard InChI is InChI=1S/C22H24O7/c1-2-29-17(23)13-14-22(28,18(20(24)25)15-9-5-3-6-10-15)19(21(26)27)16-11-7-4-8-12-16/h3-12,18-19,28H,2,13-14H2,1H3,(H,24,25)(H,26,27). The molecule has 0 radical (unpaired) electrons. The van der Waals surface area contributed by atoms with Gasteiger partial charge in [0.25, 0.3) is 0 Å². The maximum absolute atomic E-state index is 12.2. The van der Waals surface area contributed by atoms with E-state index in [9.17, 15) is 29.7 Å². The Morgan fingerprint density at radius 1 is 0.862 bits per heavy atom. The number of carbonyl (C=O) groups excluding carboxylic acids is 1. The van der Waals surface area contributed by atoms with Crippen LogP contribution in [0.2, 0.25) is 0 Å². The minimum Gasteiger partial charge on any atom is -0.481 e. The van der Waals surface area contributed by atoms with Gasteiger partial charge in [-0.2, -0.15) is 0 Å². The fraction of sp³-hybridized carbons (Fsp3) is 0.318. The van der Waals surface area contributed by atoms with Gasteiger partial charge in [-0.05, 0) is 24.5 Å². The molecule has 0 aliphatic rings. The molecule has 0 saturated carbocycles. The second kappa shape index (κ2) is 9.84. The number of rotatable bonds is 10. The molecule has 0 aromatic heterocycles. The van der Waals surface area contributed by atoms with Crippen molar-refractivity contribution in [2.24, 2.45) is 0 Å². The number of aliphatic hydroxyl groups is 1. The van der Waals surface area contributed by atoms with Gasteiger partial charge in [0, 0.05) is 6.42 Å². The average molecular weight is 400 g/mol. The molecule has 154 valence electrons. The molecular formula is C22H24O7. The van der Waals surface area contributed by atoms with E-state index >= 15 is 0 Å². The average Bonchev–Trinajstić information content (AvgIpc) is 2.68. The molecule has 2 unspecified atom stereocenters. The summed E-state index contributed by atoms with van der Waals surface area (Å²) in [6.07, 6.45) is -0.721. The van der Waals surface area contributed by atoms with Gasteiger partial charge in [-0.15, -0.1) is 0 Å². The molecule has 0 amide bonds. The van der Waals surface area contributed by atoms with Crippen molar-refractivity contribution < 1.29 is 34.4 Å². The van der Waals surface area contributed by atoms with E-state index < -0.39 is 41.8 Å². The lowest BCUT2D eigenvalue weighted by Gasteiger charge is -2.39. The molecule has 0 saturated heterocycles. The van der Waals surface area contributed by atoms with Crippen molar-refractivity contribution >= 4 is 17.9 Å². The van der Waals surface area contributed by atoms with Crippen LogP contribution >= 0.6 is 0 Å². The summed E-state index contributed by atoms with van der Waals surface area (Å²) < 4.78 is 4.88. The van der Waals surface area contributed by atoms with Crippen LogP contribution < -0.4 is 0 Å². The Balaban J connectivity index is 2.61. The van der Waals surface area contributed by atoms with E-state index in [4.69, 9.17) is 4.74 Å². The van der Waals surface area contributed by atoms with E-state index in [2.05, 4.69) is 0 Å². The number of carboxylic acid groups (broad SMARTS) is 2. The molecule has 0 heterocycles. The highest BCUT2D eigenvalue weighted by Gasteiger charge is 2.52. The maximum atomic E-state index is 12.2. The summed E-state index contributed by atoms with van der Waals surface area (Å²) in [6.45, 7) is 1.75. The van der Waals surface area contributed by atoms with Crippen molar-refractivity contribution in [3.8, 4) is 0 Å². The lowest BCUT2D eigenvalue weighted by Crippen LogP contribution is -2.49. The molecule has 2 rings (SSSR count). The minimum absolute atomic E-state index is 0.124. The van der Waals surface area contributed by atoms with E-state index in [0.29, 0.717) is 0 Å². The van der Waals surface area contributed by atoms with Crippen LogP contribution in [0.1, 0.15) is 42.7 Å². The van der Waals surface area contributed by atoms with Crippen molar-refractivity contribution in [3.63, 3.8) is 0 Å². The Bertz CT molecular complexity index is 775. The third-order valence-corrected chi connectivity index (χ3v) is 4.79. The molecule has 2 aromatic rings. The monoisotopic (exact) mass is 400 g/mol. The summed E-state index contributed by atoms with van der Waals surface area (Å²) in [7, 11) is 0. The van der Waals surface area contributed by atoms with Crippen molar-refractivity contribution in [1.82, 2.24) is 0 Å². The summed E-state index contributed by atoms with van der Waals surface area (Å²) in [6, 6.07) is 15.8. The van der Waals surface area contributed by atoms with Gasteiger partial charge in [0.05, 0.1) is 6.61 Å². The van der Waals surface area contributed by atoms with E-state index in [1.54, 1.807) is 43.3 Å². The van der Waals surface area contributed by atoms with Crippen molar-refractivity contribution in [3.05, 3.63) is 71.8 Å². The summed E-state index contributed by atoms with van der Waals surface area (Å²) in [5.74, 6) is -6.55. The first kappa shape index (κ1) is 22.1. The molecule has 0 aliphatic heterocycles. The highest BCUT2D eigenvalue weighted by Crippen LogP contribution is 2.43. The number of carboxylic acids is 2. The lowest BCUT2D eigenvalue weighted by atomic mass is 9.68. The second-order valence-electron chi connectivity index (χ2n) is 6.66. The molecule has 0 aliphatic carbocycles. The SMILES string of the molecule is CCOC(=O)CCC(O)(C(C(=O)O)c1ccccc1)C(C(=O)O)c1ccccc1. The first-order valence-electron chi connectivity index (χ1n) is 9.24. The second-order valence-corrected chi connectivity index (χ2v) is 6.66. The molecule has 2 aromatic carbocycles. The summed E-state index contributed by atoms with van der Waals surface area (Å²) in [5.41, 5.74) is -1.80. The zero-order valence-electron chi connectivity index (χ0n) is 16.0. The smallest absolute Gasteiger partial charge is 0.313 e. The molecule has 7 heteroatoms. The number of esters is 1. The van der Waals surface area contributed by atoms with E-state index in [1.807, 2.05) is 0 Å². The maximum Gasteiger partial charge on any atom is 0.313 e. The highest BCUT2D eigenvalue weighted by molar-refractivity contribution is 5.84. The number of carbonyl (C=O) groups is 3. The number of benzene rings is 2. The normalized spacial score (nSPS) is 15.0. The van der Waals surface area contributed by atoms with Crippen LogP contribution in [-0.4, -0.2) is 45.4 Å². The van der Waals surface area contributed by atoms with Gasteiger partial charge in [0.15, 0.2) is 0 Å². The van der Waals surface area contributed by atoms with Gasteiger partial charge in [0.2, 0.25) is 0 Å². The van der Waals surface area contributed by atoms with Crippen LogP contribution in [0.15, 0.2) is 60.7 Å². The van der Waals surface area contributed by atoms with Crippen LogP contribution in [0, 0.1) is 0 Å². The van der Waals surface area contributed by atoms with Crippen molar-refractivity contribution in [2.75, 3.05) is 6.61 Å². The van der Waals surface area contributed by atoms with Gasteiger partial charge in [-0.3, -0.25) is 14.4 Å². The topological polar surface area (TPSA) is 121 Å². The zero-order valence-corrected chi connectivity index (χ0v) is 16.0. The highest BCUT2D eigenvalue weighted by atomic mass is 16.5. The number of ether oxygens (including phenoxy) is 1. The summed E-state index contributed by atoms with van der Waals surface area (Å²) >= 11 is 0. The van der Waals surface area contributed by atoms with Crippen LogP contribution in [0.4, 0.5) is 0 Å². The largest absolute Gasteiger partial charge is 0.481 e. The molecular weight excluding hydrogens is 376 g/mol. The number of hydrogen-bond donors (Lipinski definition) is 3. The third kappa shape index (κ3) is 5.20.